The summed E-state index contributed by atoms with van der Waals surface area (Å²) in [5, 5.41) is -0.741. The van der Waals surface area contributed by atoms with Crippen LogP contribution in [0.1, 0.15) is 15.4 Å². The number of halogens is 3. The number of carbonyl (C=O) groups excluding carboxylic acids is 1. The summed E-state index contributed by atoms with van der Waals surface area (Å²) in [5.74, 6) is -0.898. The van der Waals surface area contributed by atoms with Gasteiger partial charge in [0, 0.05) is 13.2 Å². The van der Waals surface area contributed by atoms with Gasteiger partial charge in [0.25, 0.3) is 15.7 Å². The van der Waals surface area contributed by atoms with Crippen molar-refractivity contribution in [2.75, 3.05) is 7.05 Å². The van der Waals surface area contributed by atoms with Crippen molar-refractivity contribution < 1.29 is 26.4 Å². The number of carbonyl (C=O) groups is 1. The van der Waals surface area contributed by atoms with E-state index in [0.717, 1.165) is 27.4 Å². The second-order valence-electron chi connectivity index (χ2n) is 5.54. The first-order chi connectivity index (χ1) is 12.6. The lowest BCUT2D eigenvalue weighted by Crippen LogP contribution is -2.31. The summed E-state index contributed by atoms with van der Waals surface area (Å²) in [4.78, 5) is 21.3. The monoisotopic (exact) mass is 415 g/mol. The standard InChI is InChI=1S/C16H12F3N3O3S2/c1-22(9-13-21-11-6-2-3-7-12(11)26-13)15(23)10-5-4-8-20-14(10)27(24,25)16(17,18)19/h2-8H,9H2,1H3. The Bertz CT molecular complexity index is 1080. The molecule has 0 saturated heterocycles. The molecule has 3 rings (SSSR count). The maximum Gasteiger partial charge on any atom is 0.503 e. The van der Waals surface area contributed by atoms with Crippen LogP contribution in [0.15, 0.2) is 47.6 Å². The average molecular weight is 415 g/mol. The highest BCUT2D eigenvalue weighted by molar-refractivity contribution is 7.92. The molecule has 2 aromatic heterocycles. The molecular formula is C16H12F3N3O3S2. The molecule has 142 valence electrons. The van der Waals surface area contributed by atoms with Crippen LogP contribution in [-0.4, -0.2) is 41.7 Å². The number of para-hydroxylation sites is 1. The van der Waals surface area contributed by atoms with Gasteiger partial charge in [-0.1, -0.05) is 12.1 Å². The number of nitrogens with zero attached hydrogens (tertiary/aromatic N) is 3. The van der Waals surface area contributed by atoms with Crippen LogP contribution >= 0.6 is 11.3 Å². The highest BCUT2D eigenvalue weighted by Gasteiger charge is 2.49. The summed E-state index contributed by atoms with van der Waals surface area (Å²) in [5.41, 5.74) is -5.46. The molecule has 0 fully saturated rings. The molecule has 0 atom stereocenters. The number of pyridine rings is 1. The number of sulfone groups is 1. The highest BCUT2D eigenvalue weighted by Crippen LogP contribution is 2.31. The lowest BCUT2D eigenvalue weighted by atomic mass is 10.2. The van der Waals surface area contributed by atoms with Gasteiger partial charge in [-0.2, -0.15) is 13.2 Å². The Morgan fingerprint density at radius 3 is 2.56 bits per heavy atom. The molecule has 0 bridgehead atoms. The zero-order chi connectivity index (χ0) is 19.8. The van der Waals surface area contributed by atoms with Gasteiger partial charge in [-0.15, -0.1) is 11.3 Å². The molecule has 0 aliphatic carbocycles. The van der Waals surface area contributed by atoms with Gasteiger partial charge in [0.1, 0.15) is 5.01 Å². The summed E-state index contributed by atoms with van der Waals surface area (Å²) in [6.07, 6.45) is 0.892. The van der Waals surface area contributed by atoms with Gasteiger partial charge in [-0.3, -0.25) is 4.79 Å². The molecule has 1 amide bonds. The number of alkyl halides is 3. The predicted molar refractivity (Wildman–Crippen MR) is 92.9 cm³/mol. The third-order valence-electron chi connectivity index (χ3n) is 3.62. The van der Waals surface area contributed by atoms with Crippen LogP contribution in [-0.2, 0) is 16.4 Å². The van der Waals surface area contributed by atoms with Gasteiger partial charge in [0.05, 0.1) is 22.3 Å². The zero-order valence-electron chi connectivity index (χ0n) is 13.8. The molecule has 0 aliphatic rings. The van der Waals surface area contributed by atoms with Crippen molar-refractivity contribution in [3.8, 4) is 0 Å². The Labute approximate surface area is 156 Å². The number of hydrogen-bond donors (Lipinski definition) is 0. The van der Waals surface area contributed by atoms with E-state index in [1.54, 1.807) is 6.07 Å². The van der Waals surface area contributed by atoms with E-state index in [2.05, 4.69) is 9.97 Å². The minimum Gasteiger partial charge on any atom is -0.335 e. The SMILES string of the molecule is CN(Cc1nc2ccccc2s1)C(=O)c1cccnc1S(=O)(=O)C(F)(F)F. The lowest BCUT2D eigenvalue weighted by Gasteiger charge is -2.17. The first-order valence-corrected chi connectivity index (χ1v) is 9.77. The number of hydrogen-bond acceptors (Lipinski definition) is 6. The summed E-state index contributed by atoms with van der Waals surface area (Å²) in [7, 11) is -4.40. The van der Waals surface area contributed by atoms with Crippen LogP contribution in [0.5, 0.6) is 0 Å². The average Bonchev–Trinajstić information content (AvgIpc) is 3.02. The van der Waals surface area contributed by atoms with E-state index < -0.39 is 31.8 Å². The van der Waals surface area contributed by atoms with E-state index in [-0.39, 0.29) is 6.54 Å². The van der Waals surface area contributed by atoms with Gasteiger partial charge < -0.3 is 4.90 Å². The normalized spacial score (nSPS) is 12.3. The fraction of sp³-hybridized carbons (Fsp3) is 0.188. The zero-order valence-corrected chi connectivity index (χ0v) is 15.4. The molecule has 2 heterocycles. The predicted octanol–water partition coefficient (Wildman–Crippen LogP) is 3.26. The van der Waals surface area contributed by atoms with E-state index >= 15 is 0 Å². The summed E-state index contributed by atoms with van der Waals surface area (Å²) >= 11 is 1.33. The fourth-order valence-corrected chi connectivity index (χ4v) is 4.23. The molecule has 0 aliphatic heterocycles. The number of amides is 1. The summed E-state index contributed by atoms with van der Waals surface area (Å²) in [6, 6.07) is 9.50. The Hall–Kier alpha value is -2.53. The molecule has 6 nitrogen and oxygen atoms in total. The maximum atomic E-state index is 12.9. The van der Waals surface area contributed by atoms with Crippen molar-refractivity contribution in [1.29, 1.82) is 0 Å². The quantitative estimate of drug-likeness (QED) is 0.654. The van der Waals surface area contributed by atoms with Crippen molar-refractivity contribution >= 4 is 37.3 Å². The molecule has 0 saturated carbocycles. The lowest BCUT2D eigenvalue weighted by molar-refractivity contribution is -0.0438. The minimum atomic E-state index is -5.75. The Kier molecular flexibility index (Phi) is 4.91. The smallest absolute Gasteiger partial charge is 0.335 e. The molecule has 0 radical (unpaired) electrons. The van der Waals surface area contributed by atoms with E-state index in [4.69, 9.17) is 0 Å². The molecular weight excluding hydrogens is 403 g/mol. The van der Waals surface area contributed by atoms with Gasteiger partial charge in [0.15, 0.2) is 5.03 Å². The second-order valence-corrected chi connectivity index (χ2v) is 8.51. The Morgan fingerprint density at radius 2 is 1.89 bits per heavy atom. The van der Waals surface area contributed by atoms with Gasteiger partial charge >= 0.3 is 5.51 Å². The second kappa shape index (κ2) is 6.89. The number of rotatable bonds is 4. The van der Waals surface area contributed by atoms with Crippen molar-refractivity contribution in [3.63, 3.8) is 0 Å². The molecule has 3 aromatic rings. The number of benzene rings is 1. The van der Waals surface area contributed by atoms with E-state index in [1.165, 1.54) is 24.5 Å². The third kappa shape index (κ3) is 3.65. The summed E-state index contributed by atoms with van der Waals surface area (Å²) < 4.78 is 62.9. The molecule has 0 spiro atoms. The van der Waals surface area contributed by atoms with Crippen LogP contribution in [0.2, 0.25) is 0 Å². The first-order valence-electron chi connectivity index (χ1n) is 7.47. The van der Waals surface area contributed by atoms with E-state index in [0.29, 0.717) is 5.01 Å². The van der Waals surface area contributed by atoms with Crippen LogP contribution in [0.25, 0.3) is 10.2 Å². The summed E-state index contributed by atoms with van der Waals surface area (Å²) in [6.45, 7) is 0.0125. The van der Waals surface area contributed by atoms with Crippen LogP contribution in [0, 0.1) is 0 Å². The van der Waals surface area contributed by atoms with Crippen LogP contribution < -0.4 is 0 Å². The largest absolute Gasteiger partial charge is 0.503 e. The van der Waals surface area contributed by atoms with Crippen LogP contribution in [0.4, 0.5) is 13.2 Å². The third-order valence-corrected chi connectivity index (χ3v) is 6.08. The van der Waals surface area contributed by atoms with Crippen molar-refractivity contribution in [2.24, 2.45) is 0 Å². The fourth-order valence-electron chi connectivity index (χ4n) is 2.35. The number of fused-ring (bicyclic) bond motifs is 1. The Morgan fingerprint density at radius 1 is 1.19 bits per heavy atom. The Balaban J connectivity index is 1.92. The maximum absolute atomic E-state index is 12.9. The molecule has 0 unspecified atom stereocenters. The van der Waals surface area contributed by atoms with E-state index in [1.807, 2.05) is 18.2 Å². The van der Waals surface area contributed by atoms with Crippen molar-refractivity contribution in [2.45, 2.75) is 17.1 Å². The molecule has 27 heavy (non-hydrogen) atoms. The first kappa shape index (κ1) is 19.2. The van der Waals surface area contributed by atoms with Crippen molar-refractivity contribution in [1.82, 2.24) is 14.9 Å². The van der Waals surface area contributed by atoms with E-state index in [9.17, 15) is 26.4 Å². The molecule has 0 N–H and O–H groups in total. The van der Waals surface area contributed by atoms with Gasteiger partial charge in [-0.25, -0.2) is 18.4 Å². The molecule has 11 heteroatoms. The van der Waals surface area contributed by atoms with Gasteiger partial charge in [0.2, 0.25) is 0 Å². The minimum absolute atomic E-state index is 0.0125. The van der Waals surface area contributed by atoms with Crippen LogP contribution in [0.3, 0.4) is 0 Å². The molecule has 1 aromatic carbocycles. The van der Waals surface area contributed by atoms with Crippen molar-refractivity contribution in [3.05, 3.63) is 53.2 Å². The number of aromatic nitrogens is 2. The van der Waals surface area contributed by atoms with Gasteiger partial charge in [-0.05, 0) is 24.3 Å². The highest BCUT2D eigenvalue weighted by atomic mass is 32.2. The number of thiazole rings is 1. The topological polar surface area (TPSA) is 80.2 Å².